The van der Waals surface area contributed by atoms with Crippen molar-refractivity contribution in [3.63, 3.8) is 0 Å². The van der Waals surface area contributed by atoms with Crippen LogP contribution in [0.15, 0.2) is 12.4 Å². The number of aryl methyl sites for hydroxylation is 2. The van der Waals surface area contributed by atoms with Crippen LogP contribution in [0.4, 0.5) is 0 Å². The monoisotopic (exact) mass is 602 g/mol. The molecule has 1 rings (SSSR count). The molecular weight excluding hydrogens is 520 g/mol. The highest BCUT2D eigenvalue weighted by Crippen LogP contribution is 2.15. The molecule has 0 atom stereocenters. The number of rotatable bonds is 35. The molecule has 0 aliphatic rings. The Kier molecular flexibility index (Phi) is 30.5. The van der Waals surface area contributed by atoms with Crippen LogP contribution in [0.3, 0.4) is 0 Å². The third-order valence-corrected chi connectivity index (χ3v) is 9.85. The van der Waals surface area contributed by atoms with Crippen LogP contribution in [0.1, 0.15) is 232 Å². The summed E-state index contributed by atoms with van der Waals surface area (Å²) in [6, 6.07) is 0. The van der Waals surface area contributed by atoms with Crippen LogP contribution in [0.2, 0.25) is 0 Å². The van der Waals surface area contributed by atoms with Gasteiger partial charge >= 0.3 is 0 Å². The topological polar surface area (TPSA) is 8.81 Å². The van der Waals surface area contributed by atoms with Crippen molar-refractivity contribution in [2.45, 2.75) is 246 Å². The van der Waals surface area contributed by atoms with Crippen molar-refractivity contribution in [1.29, 1.82) is 0 Å². The summed E-state index contributed by atoms with van der Waals surface area (Å²) >= 11 is 0. The molecule has 43 heavy (non-hydrogen) atoms. The average molecular weight is 602 g/mol. The van der Waals surface area contributed by atoms with Gasteiger partial charge in [0.2, 0.25) is 0 Å². The quantitative estimate of drug-likeness (QED) is 0.0540. The largest absolute Gasteiger partial charge is 0.256 e. The molecule has 0 spiro atoms. The first-order valence-corrected chi connectivity index (χ1v) is 20.4. The molecule has 0 radical (unpaired) electrons. The van der Waals surface area contributed by atoms with E-state index in [4.69, 9.17) is 0 Å². The molecule has 2 heteroatoms. The van der Waals surface area contributed by atoms with Crippen LogP contribution in [0.5, 0.6) is 0 Å². The van der Waals surface area contributed by atoms with Gasteiger partial charge in [-0.15, -0.1) is 0 Å². The van der Waals surface area contributed by atoms with Gasteiger partial charge < -0.3 is 0 Å². The predicted octanol–water partition coefficient (Wildman–Crippen LogP) is 13.9. The highest BCUT2D eigenvalue weighted by Gasteiger charge is 2.16. The van der Waals surface area contributed by atoms with Crippen molar-refractivity contribution < 1.29 is 4.57 Å². The summed E-state index contributed by atoms with van der Waals surface area (Å²) in [5.74, 6) is 1.62. The first-order chi connectivity index (χ1) is 21.3. The summed E-state index contributed by atoms with van der Waals surface area (Å²) in [5, 5.41) is 0. The third kappa shape index (κ3) is 25.1. The Hall–Kier alpha value is -0.790. The van der Waals surface area contributed by atoms with E-state index in [0.717, 1.165) is 0 Å². The van der Waals surface area contributed by atoms with E-state index in [1.54, 1.807) is 5.82 Å². The molecule has 0 aliphatic carbocycles. The third-order valence-electron chi connectivity index (χ3n) is 9.85. The molecule has 0 aliphatic heterocycles. The molecule has 0 saturated heterocycles. The molecule has 0 saturated carbocycles. The Bertz CT molecular complexity index is 663. The number of nitrogens with zero attached hydrogens (tertiary/aromatic N) is 2. The average Bonchev–Trinajstić information content (AvgIpc) is 3.40. The maximum Gasteiger partial charge on any atom is 0.256 e. The Morgan fingerprint density at radius 3 is 1.12 bits per heavy atom. The SMILES string of the molecule is CCCCCCCCCCCCCCCCCCn1cc[n+](CCCCCCCCCC)c1CCCCCCCCCC. The standard InChI is InChI=1S/C41H81N2/c1-4-7-10-13-16-19-20-21-22-23-24-25-26-29-32-35-38-43-40-39-42(37-34-31-28-18-15-12-9-6-3)41(43)36-33-30-27-17-14-11-8-5-2/h39-40H,4-38H2,1-3H3/q+1. The van der Waals surface area contributed by atoms with Crippen molar-refractivity contribution in [3.8, 4) is 0 Å². The number of unbranched alkanes of at least 4 members (excludes halogenated alkanes) is 29. The molecule has 0 aromatic carbocycles. The van der Waals surface area contributed by atoms with E-state index in [1.165, 1.54) is 225 Å². The lowest BCUT2D eigenvalue weighted by Gasteiger charge is -2.07. The molecule has 2 nitrogen and oxygen atoms in total. The molecule has 254 valence electrons. The van der Waals surface area contributed by atoms with Gasteiger partial charge in [0.05, 0.1) is 13.1 Å². The summed E-state index contributed by atoms with van der Waals surface area (Å²) in [5.41, 5.74) is 0. The van der Waals surface area contributed by atoms with E-state index in [2.05, 4.69) is 42.3 Å². The number of aromatic nitrogens is 2. The number of imidazole rings is 1. The van der Waals surface area contributed by atoms with Crippen molar-refractivity contribution in [2.75, 3.05) is 0 Å². The number of hydrogen-bond acceptors (Lipinski definition) is 0. The summed E-state index contributed by atoms with van der Waals surface area (Å²) in [6.45, 7) is 9.40. The van der Waals surface area contributed by atoms with Gasteiger partial charge in [0, 0.05) is 6.42 Å². The molecule has 0 bridgehead atoms. The summed E-state index contributed by atoms with van der Waals surface area (Å²) in [7, 11) is 0. The fraction of sp³-hybridized carbons (Fsp3) is 0.927. The van der Waals surface area contributed by atoms with E-state index < -0.39 is 0 Å². The van der Waals surface area contributed by atoms with Crippen molar-refractivity contribution in [1.82, 2.24) is 4.57 Å². The minimum atomic E-state index is 1.23. The lowest BCUT2D eigenvalue weighted by molar-refractivity contribution is -0.704. The molecule has 0 fully saturated rings. The number of hydrogen-bond donors (Lipinski definition) is 0. The van der Waals surface area contributed by atoms with Gasteiger partial charge in [0.1, 0.15) is 12.4 Å². The van der Waals surface area contributed by atoms with Crippen LogP contribution in [0, 0.1) is 0 Å². The van der Waals surface area contributed by atoms with Crippen molar-refractivity contribution in [2.24, 2.45) is 0 Å². The van der Waals surface area contributed by atoms with E-state index in [0.29, 0.717) is 0 Å². The Balaban J connectivity index is 2.22. The second kappa shape index (κ2) is 32.6. The lowest BCUT2D eigenvalue weighted by atomic mass is 10.0. The van der Waals surface area contributed by atoms with E-state index >= 15 is 0 Å². The zero-order valence-electron chi connectivity index (χ0n) is 30.3. The van der Waals surface area contributed by atoms with Gasteiger partial charge in [0.15, 0.2) is 0 Å². The predicted molar refractivity (Wildman–Crippen MR) is 193 cm³/mol. The molecule has 0 amide bonds. The van der Waals surface area contributed by atoms with E-state index in [9.17, 15) is 0 Å². The minimum Gasteiger partial charge on any atom is -0.234 e. The fourth-order valence-electron chi connectivity index (χ4n) is 6.86. The normalized spacial score (nSPS) is 11.6. The van der Waals surface area contributed by atoms with Gasteiger partial charge in [-0.25, -0.2) is 9.13 Å². The molecule has 1 aromatic heterocycles. The second-order valence-electron chi connectivity index (χ2n) is 14.1. The molecule has 1 aromatic rings. The van der Waals surface area contributed by atoms with Crippen molar-refractivity contribution >= 4 is 0 Å². The van der Waals surface area contributed by atoms with Crippen LogP contribution >= 0.6 is 0 Å². The Morgan fingerprint density at radius 1 is 0.395 bits per heavy atom. The van der Waals surface area contributed by atoms with Crippen LogP contribution in [-0.2, 0) is 19.5 Å². The fourth-order valence-corrected chi connectivity index (χ4v) is 6.86. The van der Waals surface area contributed by atoms with E-state index in [1.807, 2.05) is 0 Å². The molecule has 0 unspecified atom stereocenters. The van der Waals surface area contributed by atoms with Gasteiger partial charge in [-0.2, -0.15) is 0 Å². The first-order valence-electron chi connectivity index (χ1n) is 20.4. The Morgan fingerprint density at radius 2 is 0.721 bits per heavy atom. The van der Waals surface area contributed by atoms with E-state index in [-0.39, 0.29) is 0 Å². The zero-order valence-corrected chi connectivity index (χ0v) is 30.3. The molecular formula is C41H81N2+. The van der Waals surface area contributed by atoms with Crippen LogP contribution < -0.4 is 4.57 Å². The highest BCUT2D eigenvalue weighted by molar-refractivity contribution is 4.84. The first kappa shape index (κ1) is 40.2. The smallest absolute Gasteiger partial charge is 0.234 e. The summed E-state index contributed by atoms with van der Waals surface area (Å²) < 4.78 is 5.26. The summed E-state index contributed by atoms with van der Waals surface area (Å²) in [6.07, 6.45) is 51.9. The maximum atomic E-state index is 2.63. The Labute approximate surface area is 272 Å². The molecule has 1 heterocycles. The second-order valence-corrected chi connectivity index (χ2v) is 14.1. The zero-order chi connectivity index (χ0) is 30.9. The lowest BCUT2D eigenvalue weighted by Crippen LogP contribution is -2.37. The van der Waals surface area contributed by atoms with Crippen molar-refractivity contribution in [3.05, 3.63) is 18.2 Å². The van der Waals surface area contributed by atoms with Gasteiger partial charge in [-0.05, 0) is 32.1 Å². The highest BCUT2D eigenvalue weighted by atomic mass is 15.1. The summed E-state index contributed by atoms with van der Waals surface area (Å²) in [4.78, 5) is 0. The minimum absolute atomic E-state index is 1.23. The van der Waals surface area contributed by atoms with Crippen LogP contribution in [0.25, 0.3) is 0 Å². The van der Waals surface area contributed by atoms with Gasteiger partial charge in [-0.1, -0.05) is 194 Å². The molecule has 0 N–H and O–H groups in total. The van der Waals surface area contributed by atoms with Gasteiger partial charge in [-0.3, -0.25) is 0 Å². The van der Waals surface area contributed by atoms with Crippen LogP contribution in [-0.4, -0.2) is 4.57 Å². The maximum absolute atomic E-state index is 2.63. The van der Waals surface area contributed by atoms with Gasteiger partial charge in [0.25, 0.3) is 5.82 Å².